The van der Waals surface area contributed by atoms with Crippen molar-refractivity contribution in [3.8, 4) is 11.5 Å². The molecule has 0 spiro atoms. The number of aromatic nitrogens is 2. The van der Waals surface area contributed by atoms with Crippen LogP contribution < -0.4 is 15.0 Å². The lowest BCUT2D eigenvalue weighted by Crippen LogP contribution is -2.23. The molecule has 186 valence electrons. The molecule has 1 aromatic heterocycles. The van der Waals surface area contributed by atoms with E-state index in [0.717, 1.165) is 26.5 Å². The van der Waals surface area contributed by atoms with Gasteiger partial charge in [0.2, 0.25) is 0 Å². The third-order valence-corrected chi connectivity index (χ3v) is 7.22. The highest BCUT2D eigenvalue weighted by molar-refractivity contribution is 9.10. The predicted octanol–water partition coefficient (Wildman–Crippen LogP) is 7.56. The van der Waals surface area contributed by atoms with Gasteiger partial charge in [0, 0.05) is 25.4 Å². The van der Waals surface area contributed by atoms with Crippen LogP contribution in [0.4, 0.5) is 0 Å². The molecule has 9 heteroatoms. The van der Waals surface area contributed by atoms with Crippen LogP contribution in [0.2, 0.25) is 5.02 Å². The van der Waals surface area contributed by atoms with Gasteiger partial charge in [-0.1, -0.05) is 53.5 Å². The van der Waals surface area contributed by atoms with Crippen molar-refractivity contribution in [1.82, 2.24) is 9.66 Å². The Morgan fingerprint density at radius 3 is 2.56 bits per heavy atom. The molecule has 6 nitrogen and oxygen atoms in total. The maximum atomic E-state index is 13.4. The number of benzene rings is 3. The number of rotatable bonds is 8. The van der Waals surface area contributed by atoms with E-state index in [1.165, 1.54) is 4.68 Å². The van der Waals surface area contributed by atoms with Gasteiger partial charge in [-0.2, -0.15) is 9.78 Å². The van der Waals surface area contributed by atoms with Crippen LogP contribution in [0.5, 0.6) is 11.5 Å². The van der Waals surface area contributed by atoms with Gasteiger partial charge < -0.3 is 9.47 Å². The van der Waals surface area contributed by atoms with Gasteiger partial charge >= 0.3 is 0 Å². The van der Waals surface area contributed by atoms with Crippen molar-refractivity contribution in [2.24, 2.45) is 5.10 Å². The van der Waals surface area contributed by atoms with E-state index in [2.05, 4.69) is 43.9 Å². The van der Waals surface area contributed by atoms with Crippen LogP contribution in [0.3, 0.4) is 0 Å². The molecule has 0 radical (unpaired) electrons. The topological polar surface area (TPSA) is 65.7 Å². The minimum absolute atomic E-state index is 0.0458. The Bertz CT molecular complexity index is 1490. The number of hydrogen-bond acceptors (Lipinski definition) is 5. The van der Waals surface area contributed by atoms with E-state index in [1.54, 1.807) is 19.4 Å². The minimum Gasteiger partial charge on any atom is -0.493 e. The summed E-state index contributed by atoms with van der Waals surface area (Å²) in [7, 11) is 1.58. The van der Waals surface area contributed by atoms with Crippen molar-refractivity contribution in [1.29, 1.82) is 0 Å². The summed E-state index contributed by atoms with van der Waals surface area (Å²) in [6.07, 6.45) is 2.44. The fourth-order valence-corrected chi connectivity index (χ4v) is 4.47. The molecule has 0 unspecified atom stereocenters. The Morgan fingerprint density at radius 2 is 1.86 bits per heavy atom. The molecule has 0 aliphatic carbocycles. The SMILES string of the molecule is CC[C@@H](C)c1nc2ccc(Br)cc2c(=O)n1N=Cc1cc(OC)c(OCc2ccc(Cl)cc2)cc1Br. The first-order valence-corrected chi connectivity index (χ1v) is 13.3. The molecule has 0 aliphatic rings. The van der Waals surface area contributed by atoms with Crippen molar-refractivity contribution in [2.45, 2.75) is 32.8 Å². The molecule has 0 saturated heterocycles. The zero-order valence-electron chi connectivity index (χ0n) is 20.0. The molecule has 0 saturated carbocycles. The van der Waals surface area contributed by atoms with Crippen molar-refractivity contribution < 1.29 is 9.47 Å². The third kappa shape index (κ3) is 5.82. The lowest BCUT2D eigenvalue weighted by Gasteiger charge is -2.15. The van der Waals surface area contributed by atoms with Crippen LogP contribution in [0.15, 0.2) is 73.4 Å². The molecule has 1 atom stereocenters. The number of fused-ring (bicyclic) bond motifs is 1. The molecule has 0 amide bonds. The van der Waals surface area contributed by atoms with Crippen LogP contribution in [-0.2, 0) is 6.61 Å². The van der Waals surface area contributed by atoms with E-state index in [4.69, 9.17) is 26.1 Å². The summed E-state index contributed by atoms with van der Waals surface area (Å²) in [5, 5.41) is 5.73. The van der Waals surface area contributed by atoms with Gasteiger partial charge in [-0.3, -0.25) is 4.79 Å². The second-order valence-corrected chi connectivity index (χ2v) is 10.4. The predicted molar refractivity (Wildman–Crippen MR) is 152 cm³/mol. The number of ether oxygens (including phenoxy) is 2. The van der Waals surface area contributed by atoms with Crippen LogP contribution in [-0.4, -0.2) is 23.0 Å². The van der Waals surface area contributed by atoms with E-state index in [1.807, 2.05) is 55.5 Å². The summed E-state index contributed by atoms with van der Waals surface area (Å²) < 4.78 is 14.5. The largest absolute Gasteiger partial charge is 0.493 e. The smallest absolute Gasteiger partial charge is 0.282 e. The van der Waals surface area contributed by atoms with Crippen LogP contribution in [0.1, 0.15) is 43.1 Å². The minimum atomic E-state index is -0.223. The molecule has 1 heterocycles. The molecule has 36 heavy (non-hydrogen) atoms. The van der Waals surface area contributed by atoms with Gasteiger partial charge in [0.05, 0.1) is 24.2 Å². The Balaban J connectivity index is 1.69. The van der Waals surface area contributed by atoms with Crippen LogP contribution >= 0.6 is 43.5 Å². The zero-order chi connectivity index (χ0) is 25.8. The summed E-state index contributed by atoms with van der Waals surface area (Å²) in [6, 6.07) is 16.6. The number of halogens is 3. The highest BCUT2D eigenvalue weighted by atomic mass is 79.9. The zero-order valence-corrected chi connectivity index (χ0v) is 23.9. The first-order valence-electron chi connectivity index (χ1n) is 11.3. The van der Waals surface area contributed by atoms with E-state index < -0.39 is 0 Å². The molecule has 0 N–H and O–H groups in total. The Kier molecular flexibility index (Phi) is 8.49. The van der Waals surface area contributed by atoms with Gasteiger partial charge in [0.15, 0.2) is 11.5 Å². The summed E-state index contributed by atoms with van der Waals surface area (Å²) in [4.78, 5) is 18.1. The maximum absolute atomic E-state index is 13.4. The van der Waals surface area contributed by atoms with Crippen molar-refractivity contribution in [3.63, 3.8) is 0 Å². The summed E-state index contributed by atoms with van der Waals surface area (Å²) in [6.45, 7) is 4.45. The monoisotopic (exact) mass is 631 g/mol. The summed E-state index contributed by atoms with van der Waals surface area (Å²) in [5.41, 5.74) is 2.13. The van der Waals surface area contributed by atoms with Crippen molar-refractivity contribution in [2.75, 3.05) is 7.11 Å². The van der Waals surface area contributed by atoms with E-state index in [-0.39, 0.29) is 11.5 Å². The van der Waals surface area contributed by atoms with Gasteiger partial charge in [-0.25, -0.2) is 4.98 Å². The van der Waals surface area contributed by atoms with Gasteiger partial charge in [0.25, 0.3) is 5.56 Å². The van der Waals surface area contributed by atoms with E-state index >= 15 is 0 Å². The average molecular weight is 634 g/mol. The van der Waals surface area contributed by atoms with E-state index in [9.17, 15) is 4.79 Å². The maximum Gasteiger partial charge on any atom is 0.282 e. The normalized spacial score (nSPS) is 12.3. The highest BCUT2D eigenvalue weighted by Gasteiger charge is 2.16. The van der Waals surface area contributed by atoms with Crippen LogP contribution in [0, 0.1) is 0 Å². The second-order valence-electron chi connectivity index (χ2n) is 8.24. The fraction of sp³-hybridized carbons (Fsp3) is 0.222. The van der Waals surface area contributed by atoms with E-state index in [0.29, 0.717) is 39.9 Å². The average Bonchev–Trinajstić information content (AvgIpc) is 2.88. The Hall–Kier alpha value is -2.68. The van der Waals surface area contributed by atoms with Crippen molar-refractivity contribution in [3.05, 3.63) is 95.9 Å². The van der Waals surface area contributed by atoms with Gasteiger partial charge in [-0.15, -0.1) is 0 Å². The Morgan fingerprint density at radius 1 is 1.11 bits per heavy atom. The lowest BCUT2D eigenvalue weighted by molar-refractivity contribution is 0.284. The second kappa shape index (κ2) is 11.6. The molecule has 4 aromatic rings. The molecular formula is C27H24Br2ClN3O3. The third-order valence-electron chi connectivity index (χ3n) is 5.79. The van der Waals surface area contributed by atoms with Gasteiger partial charge in [-0.05, 0) is 70.4 Å². The molecule has 3 aromatic carbocycles. The number of nitrogens with zero attached hydrogens (tertiary/aromatic N) is 3. The number of hydrogen-bond donors (Lipinski definition) is 0. The molecule has 0 fully saturated rings. The molecule has 0 aliphatic heterocycles. The molecular weight excluding hydrogens is 610 g/mol. The standard InChI is InChI=1S/C27H24Br2ClN3O3/c1-4-16(2)26-32-23-10-7-19(28)12-21(23)27(34)33(26)31-14-18-11-24(35-3)25(13-22(18)29)36-15-17-5-8-20(30)9-6-17/h5-14,16H,4,15H2,1-3H3/t16-/m1/s1. The first kappa shape index (κ1) is 26.4. The van der Waals surface area contributed by atoms with Crippen molar-refractivity contribution >= 4 is 60.6 Å². The molecule has 0 bridgehead atoms. The fourth-order valence-electron chi connectivity index (χ4n) is 3.56. The summed E-state index contributed by atoms with van der Waals surface area (Å²) in [5.74, 6) is 1.78. The quantitative estimate of drug-likeness (QED) is 0.188. The Labute approximate surface area is 231 Å². The molecule has 4 rings (SSSR count). The van der Waals surface area contributed by atoms with Crippen LogP contribution in [0.25, 0.3) is 10.9 Å². The number of methoxy groups -OCH3 is 1. The lowest BCUT2D eigenvalue weighted by atomic mass is 10.1. The highest BCUT2D eigenvalue weighted by Crippen LogP contribution is 2.33. The summed E-state index contributed by atoms with van der Waals surface area (Å²) >= 11 is 13.0. The van der Waals surface area contributed by atoms with Gasteiger partial charge in [0.1, 0.15) is 12.4 Å². The first-order chi connectivity index (χ1) is 17.3.